The van der Waals surface area contributed by atoms with E-state index in [0.717, 1.165) is 83.0 Å². The molecule has 8 heteroatoms. The summed E-state index contributed by atoms with van der Waals surface area (Å²) >= 11 is 0. The molecule has 0 amide bonds. The molecule has 2 saturated heterocycles. The summed E-state index contributed by atoms with van der Waals surface area (Å²) in [6, 6.07) is 8.60. The summed E-state index contributed by atoms with van der Waals surface area (Å²) < 4.78 is 18.5. The lowest BCUT2D eigenvalue weighted by Crippen LogP contribution is -2.47. The third-order valence-electron chi connectivity index (χ3n) is 5.24. The van der Waals surface area contributed by atoms with Crippen LogP contribution in [0.25, 0.3) is 0 Å². The fourth-order valence-electron chi connectivity index (χ4n) is 3.58. The Morgan fingerprint density at radius 3 is 2.39 bits per heavy atom. The molecule has 1 aromatic carbocycles. The number of benzene rings is 1. The Balaban J connectivity index is 1.27. The number of nitrogens with one attached hydrogen (secondary N) is 1. The summed E-state index contributed by atoms with van der Waals surface area (Å²) in [5.41, 5.74) is 1.06. The predicted molar refractivity (Wildman–Crippen MR) is 109 cm³/mol. The van der Waals surface area contributed by atoms with Crippen molar-refractivity contribution in [1.82, 2.24) is 14.9 Å². The number of rotatable bonds is 6. The average molecular weight is 386 g/mol. The summed E-state index contributed by atoms with van der Waals surface area (Å²) in [5.74, 6) is 1.42. The summed E-state index contributed by atoms with van der Waals surface area (Å²) in [5, 5.41) is 3.41. The van der Waals surface area contributed by atoms with Crippen molar-refractivity contribution in [3.8, 4) is 0 Å². The van der Waals surface area contributed by atoms with Crippen molar-refractivity contribution in [1.29, 1.82) is 0 Å². The van der Waals surface area contributed by atoms with Gasteiger partial charge in [0.05, 0.1) is 13.2 Å². The van der Waals surface area contributed by atoms with E-state index in [1.165, 1.54) is 12.1 Å². The van der Waals surface area contributed by atoms with Gasteiger partial charge in [-0.1, -0.05) is 0 Å². The molecule has 0 radical (unpaired) electrons. The van der Waals surface area contributed by atoms with E-state index >= 15 is 0 Å². The molecule has 0 spiro atoms. The van der Waals surface area contributed by atoms with Crippen LogP contribution < -0.4 is 15.1 Å². The molecule has 0 atom stereocenters. The first-order valence-electron chi connectivity index (χ1n) is 9.90. The van der Waals surface area contributed by atoms with Gasteiger partial charge in [-0.2, -0.15) is 4.98 Å². The van der Waals surface area contributed by atoms with Crippen molar-refractivity contribution in [2.75, 3.05) is 80.7 Å². The second-order valence-electron chi connectivity index (χ2n) is 7.07. The van der Waals surface area contributed by atoms with Crippen LogP contribution >= 0.6 is 0 Å². The molecule has 0 bridgehead atoms. The molecular formula is C20H27FN6O. The van der Waals surface area contributed by atoms with E-state index in [-0.39, 0.29) is 5.82 Å². The van der Waals surface area contributed by atoms with Crippen LogP contribution in [0.2, 0.25) is 0 Å². The lowest BCUT2D eigenvalue weighted by molar-refractivity contribution is 0.0398. The van der Waals surface area contributed by atoms with Gasteiger partial charge in [0.1, 0.15) is 11.6 Å². The molecule has 3 heterocycles. The molecular weight excluding hydrogens is 359 g/mol. The predicted octanol–water partition coefficient (Wildman–Crippen LogP) is 1.69. The number of nitrogens with zero attached hydrogens (tertiary/aromatic N) is 5. The third-order valence-corrected chi connectivity index (χ3v) is 5.24. The molecule has 2 aliphatic rings. The third kappa shape index (κ3) is 4.88. The SMILES string of the molecule is Fc1ccc(N2CCN(c3nccc(NCCN4CCOCC4)n3)CC2)cc1. The maximum Gasteiger partial charge on any atom is 0.227 e. The van der Waals surface area contributed by atoms with Crippen LogP contribution in [-0.4, -0.2) is 80.4 Å². The fraction of sp³-hybridized carbons (Fsp3) is 0.500. The molecule has 0 unspecified atom stereocenters. The lowest BCUT2D eigenvalue weighted by Gasteiger charge is -2.36. The number of hydrogen-bond donors (Lipinski definition) is 1. The number of ether oxygens (including phenoxy) is 1. The Kier molecular flexibility index (Phi) is 6.18. The van der Waals surface area contributed by atoms with Gasteiger partial charge in [0, 0.05) is 64.2 Å². The molecule has 2 fully saturated rings. The van der Waals surface area contributed by atoms with Gasteiger partial charge in [-0.15, -0.1) is 0 Å². The van der Waals surface area contributed by atoms with Gasteiger partial charge in [0.15, 0.2) is 0 Å². The number of piperazine rings is 1. The van der Waals surface area contributed by atoms with E-state index in [4.69, 9.17) is 4.74 Å². The van der Waals surface area contributed by atoms with Crippen LogP contribution in [0, 0.1) is 5.82 Å². The van der Waals surface area contributed by atoms with Crippen LogP contribution in [0.5, 0.6) is 0 Å². The highest BCUT2D eigenvalue weighted by atomic mass is 19.1. The lowest BCUT2D eigenvalue weighted by atomic mass is 10.2. The topological polar surface area (TPSA) is 56.8 Å². The molecule has 150 valence electrons. The maximum absolute atomic E-state index is 13.1. The van der Waals surface area contributed by atoms with E-state index in [1.807, 2.05) is 24.4 Å². The first-order valence-corrected chi connectivity index (χ1v) is 9.90. The monoisotopic (exact) mass is 386 g/mol. The average Bonchev–Trinajstić information content (AvgIpc) is 2.75. The summed E-state index contributed by atoms with van der Waals surface area (Å²) in [6.45, 7) is 8.89. The summed E-state index contributed by atoms with van der Waals surface area (Å²) in [6.07, 6.45) is 1.81. The Labute approximate surface area is 165 Å². The zero-order chi connectivity index (χ0) is 19.2. The smallest absolute Gasteiger partial charge is 0.227 e. The van der Waals surface area contributed by atoms with Crippen LogP contribution in [0.1, 0.15) is 0 Å². The maximum atomic E-state index is 13.1. The first-order chi connectivity index (χ1) is 13.8. The summed E-state index contributed by atoms with van der Waals surface area (Å²) in [4.78, 5) is 16.0. The van der Waals surface area contributed by atoms with Gasteiger partial charge in [-0.25, -0.2) is 9.37 Å². The van der Waals surface area contributed by atoms with E-state index in [2.05, 4.69) is 30.0 Å². The molecule has 2 aliphatic heterocycles. The zero-order valence-corrected chi connectivity index (χ0v) is 16.1. The standard InChI is InChI=1S/C20H27FN6O/c21-17-1-3-18(4-2-17)26-9-11-27(12-10-26)20-23-6-5-19(24-20)22-7-8-25-13-15-28-16-14-25/h1-6H,7-16H2,(H,22,23,24). The highest BCUT2D eigenvalue weighted by molar-refractivity contribution is 5.49. The Bertz CT molecular complexity index is 745. The number of aromatic nitrogens is 2. The zero-order valence-electron chi connectivity index (χ0n) is 16.1. The molecule has 0 saturated carbocycles. The van der Waals surface area contributed by atoms with Gasteiger partial charge in [-0.3, -0.25) is 4.90 Å². The molecule has 28 heavy (non-hydrogen) atoms. The number of anilines is 3. The van der Waals surface area contributed by atoms with Crippen molar-refractivity contribution in [3.63, 3.8) is 0 Å². The Hall–Kier alpha value is -2.45. The number of hydrogen-bond acceptors (Lipinski definition) is 7. The molecule has 1 N–H and O–H groups in total. The van der Waals surface area contributed by atoms with Crippen molar-refractivity contribution in [2.45, 2.75) is 0 Å². The molecule has 2 aromatic rings. The largest absolute Gasteiger partial charge is 0.379 e. The van der Waals surface area contributed by atoms with Gasteiger partial charge < -0.3 is 19.9 Å². The van der Waals surface area contributed by atoms with Crippen LogP contribution in [0.15, 0.2) is 36.5 Å². The van der Waals surface area contributed by atoms with E-state index < -0.39 is 0 Å². The highest BCUT2D eigenvalue weighted by Gasteiger charge is 2.19. The minimum Gasteiger partial charge on any atom is -0.379 e. The van der Waals surface area contributed by atoms with Crippen LogP contribution in [0.3, 0.4) is 0 Å². The van der Waals surface area contributed by atoms with Gasteiger partial charge in [-0.05, 0) is 30.3 Å². The van der Waals surface area contributed by atoms with E-state index in [1.54, 1.807) is 0 Å². The van der Waals surface area contributed by atoms with Crippen molar-refractivity contribution in [2.24, 2.45) is 0 Å². The van der Waals surface area contributed by atoms with E-state index in [9.17, 15) is 4.39 Å². The van der Waals surface area contributed by atoms with E-state index in [0.29, 0.717) is 0 Å². The fourth-order valence-corrected chi connectivity index (χ4v) is 3.58. The quantitative estimate of drug-likeness (QED) is 0.811. The molecule has 0 aliphatic carbocycles. The van der Waals surface area contributed by atoms with Crippen molar-refractivity contribution < 1.29 is 9.13 Å². The Morgan fingerprint density at radius 1 is 0.929 bits per heavy atom. The minimum absolute atomic E-state index is 0.200. The molecule has 1 aromatic heterocycles. The second kappa shape index (κ2) is 9.16. The van der Waals surface area contributed by atoms with Gasteiger partial charge in [0.25, 0.3) is 0 Å². The van der Waals surface area contributed by atoms with Crippen molar-refractivity contribution >= 4 is 17.5 Å². The number of morpholine rings is 1. The van der Waals surface area contributed by atoms with Gasteiger partial charge in [0.2, 0.25) is 5.95 Å². The molecule has 7 nitrogen and oxygen atoms in total. The van der Waals surface area contributed by atoms with Crippen LogP contribution in [-0.2, 0) is 4.74 Å². The van der Waals surface area contributed by atoms with Gasteiger partial charge >= 0.3 is 0 Å². The second-order valence-corrected chi connectivity index (χ2v) is 7.07. The highest BCUT2D eigenvalue weighted by Crippen LogP contribution is 2.19. The Morgan fingerprint density at radius 2 is 1.64 bits per heavy atom. The number of halogens is 1. The summed E-state index contributed by atoms with van der Waals surface area (Å²) in [7, 11) is 0. The minimum atomic E-state index is -0.200. The molecule has 4 rings (SSSR count). The normalized spacial score (nSPS) is 18.3. The van der Waals surface area contributed by atoms with Crippen molar-refractivity contribution in [3.05, 3.63) is 42.3 Å². The van der Waals surface area contributed by atoms with Crippen LogP contribution in [0.4, 0.5) is 21.8 Å². The first kappa shape index (κ1) is 18.9.